The van der Waals surface area contributed by atoms with E-state index in [1.54, 1.807) is 12.1 Å². The first-order chi connectivity index (χ1) is 10.7. The Labute approximate surface area is 129 Å². The topological polar surface area (TPSA) is 43.7 Å². The highest BCUT2D eigenvalue weighted by atomic mass is 19.1. The smallest absolute Gasteiger partial charge is 0.123 e. The van der Waals surface area contributed by atoms with Crippen LogP contribution in [0.2, 0.25) is 0 Å². The molecule has 0 radical (unpaired) electrons. The number of aliphatic hydroxyl groups excluding tert-OH is 2. The number of β-amino-alcohol motifs (C(OH)–C–C–N with tert-alkyl or cyclic N) is 1. The van der Waals surface area contributed by atoms with E-state index in [9.17, 15) is 9.50 Å². The predicted octanol–water partition coefficient (Wildman–Crippen LogP) is 2.63. The van der Waals surface area contributed by atoms with Crippen LogP contribution in [-0.2, 0) is 13.2 Å². The Morgan fingerprint density at radius 3 is 2.50 bits per heavy atom. The summed E-state index contributed by atoms with van der Waals surface area (Å²) < 4.78 is 13.5. The first kappa shape index (κ1) is 15.2. The summed E-state index contributed by atoms with van der Waals surface area (Å²) >= 11 is 0. The Morgan fingerprint density at radius 1 is 1.09 bits per heavy atom. The van der Waals surface area contributed by atoms with Gasteiger partial charge in [-0.25, -0.2) is 4.39 Å². The van der Waals surface area contributed by atoms with E-state index in [2.05, 4.69) is 4.90 Å². The van der Waals surface area contributed by atoms with E-state index in [0.29, 0.717) is 19.5 Å². The molecule has 0 aliphatic carbocycles. The molecule has 1 fully saturated rings. The zero-order valence-electron chi connectivity index (χ0n) is 12.3. The van der Waals surface area contributed by atoms with Gasteiger partial charge < -0.3 is 10.2 Å². The molecule has 22 heavy (non-hydrogen) atoms. The number of rotatable bonds is 4. The van der Waals surface area contributed by atoms with Crippen molar-refractivity contribution in [2.75, 3.05) is 6.54 Å². The summed E-state index contributed by atoms with van der Waals surface area (Å²) in [6, 6.07) is 14.4. The second-order valence-corrected chi connectivity index (χ2v) is 5.86. The Balaban J connectivity index is 1.78. The number of nitrogens with zero attached hydrogens (tertiary/aromatic N) is 1. The molecular formula is C18H20FNO2. The van der Waals surface area contributed by atoms with Crippen LogP contribution < -0.4 is 0 Å². The molecule has 0 amide bonds. The summed E-state index contributed by atoms with van der Waals surface area (Å²) in [4.78, 5) is 2.17. The molecule has 2 atom stereocenters. The van der Waals surface area contributed by atoms with Gasteiger partial charge in [-0.05, 0) is 35.2 Å². The van der Waals surface area contributed by atoms with Gasteiger partial charge in [0.2, 0.25) is 0 Å². The van der Waals surface area contributed by atoms with Crippen LogP contribution >= 0.6 is 0 Å². The molecule has 0 saturated carbocycles. The van der Waals surface area contributed by atoms with E-state index in [4.69, 9.17) is 5.11 Å². The number of hydrogen-bond donors (Lipinski definition) is 2. The molecule has 1 aliphatic rings. The monoisotopic (exact) mass is 301 g/mol. The van der Waals surface area contributed by atoms with Gasteiger partial charge in [0.25, 0.3) is 0 Å². The first-order valence-electron chi connectivity index (χ1n) is 7.52. The van der Waals surface area contributed by atoms with Crippen LogP contribution in [0.15, 0.2) is 48.5 Å². The zero-order valence-corrected chi connectivity index (χ0v) is 12.3. The van der Waals surface area contributed by atoms with Crippen molar-refractivity contribution in [3.05, 3.63) is 71.0 Å². The lowest BCUT2D eigenvalue weighted by Crippen LogP contribution is -2.24. The van der Waals surface area contributed by atoms with Crippen molar-refractivity contribution in [3.8, 4) is 0 Å². The fraction of sp³-hybridized carbons (Fsp3) is 0.333. The second kappa shape index (κ2) is 6.57. The van der Waals surface area contributed by atoms with Crippen LogP contribution in [0.25, 0.3) is 0 Å². The van der Waals surface area contributed by atoms with Gasteiger partial charge in [0, 0.05) is 19.1 Å². The summed E-state index contributed by atoms with van der Waals surface area (Å²) in [6.45, 7) is 1.32. The van der Waals surface area contributed by atoms with Gasteiger partial charge in [0.05, 0.1) is 12.7 Å². The molecule has 0 spiro atoms. The molecular weight excluding hydrogens is 281 g/mol. The summed E-state index contributed by atoms with van der Waals surface area (Å²) in [7, 11) is 0. The maximum Gasteiger partial charge on any atom is 0.123 e. The van der Waals surface area contributed by atoms with E-state index < -0.39 is 0 Å². The molecule has 1 aliphatic heterocycles. The average Bonchev–Trinajstić information content (AvgIpc) is 2.89. The van der Waals surface area contributed by atoms with E-state index >= 15 is 0 Å². The molecule has 4 heteroatoms. The summed E-state index contributed by atoms with van der Waals surface area (Å²) in [6.07, 6.45) is 0.239. The average molecular weight is 301 g/mol. The Hall–Kier alpha value is -1.75. The van der Waals surface area contributed by atoms with Gasteiger partial charge in [0.15, 0.2) is 0 Å². The molecule has 1 saturated heterocycles. The molecule has 0 aromatic heterocycles. The third-order valence-electron chi connectivity index (χ3n) is 4.21. The summed E-state index contributed by atoms with van der Waals surface area (Å²) in [5, 5.41) is 19.1. The molecule has 116 valence electrons. The van der Waals surface area contributed by atoms with Gasteiger partial charge in [0.1, 0.15) is 5.82 Å². The van der Waals surface area contributed by atoms with Crippen molar-refractivity contribution in [1.82, 2.24) is 4.90 Å². The quantitative estimate of drug-likeness (QED) is 0.912. The number of hydrogen-bond acceptors (Lipinski definition) is 3. The van der Waals surface area contributed by atoms with Gasteiger partial charge >= 0.3 is 0 Å². The molecule has 3 nitrogen and oxygen atoms in total. The highest BCUT2D eigenvalue weighted by Gasteiger charge is 2.32. The minimum Gasteiger partial charge on any atom is -0.392 e. The number of likely N-dealkylation sites (tertiary alicyclic amines) is 1. The van der Waals surface area contributed by atoms with Crippen molar-refractivity contribution in [3.63, 3.8) is 0 Å². The molecule has 3 rings (SSSR count). The second-order valence-electron chi connectivity index (χ2n) is 5.86. The van der Waals surface area contributed by atoms with Gasteiger partial charge in [-0.2, -0.15) is 0 Å². The maximum absolute atomic E-state index is 13.5. The van der Waals surface area contributed by atoms with Crippen LogP contribution in [0.5, 0.6) is 0 Å². The lowest BCUT2D eigenvalue weighted by atomic mass is 10.0. The molecule has 1 heterocycles. The summed E-state index contributed by atoms with van der Waals surface area (Å²) in [5.41, 5.74) is 2.91. The Kier molecular flexibility index (Phi) is 4.52. The van der Waals surface area contributed by atoms with E-state index in [0.717, 1.165) is 16.7 Å². The van der Waals surface area contributed by atoms with Gasteiger partial charge in [-0.3, -0.25) is 4.90 Å². The molecule has 0 bridgehead atoms. The number of halogens is 1. The highest BCUT2D eigenvalue weighted by molar-refractivity contribution is 5.25. The van der Waals surface area contributed by atoms with Crippen LogP contribution in [0.4, 0.5) is 4.39 Å². The largest absolute Gasteiger partial charge is 0.392 e. The SMILES string of the molecule is OCc1ccc(CN2C[C@H](O)C[C@H]2c2cccc(F)c2)cc1. The van der Waals surface area contributed by atoms with Crippen molar-refractivity contribution < 1.29 is 14.6 Å². The number of benzene rings is 2. The number of aliphatic hydroxyl groups is 2. The maximum atomic E-state index is 13.5. The zero-order chi connectivity index (χ0) is 15.5. The lowest BCUT2D eigenvalue weighted by molar-refractivity contribution is 0.172. The summed E-state index contributed by atoms with van der Waals surface area (Å²) in [5.74, 6) is -0.244. The van der Waals surface area contributed by atoms with Gasteiger partial charge in [-0.15, -0.1) is 0 Å². The van der Waals surface area contributed by atoms with Crippen LogP contribution in [0.1, 0.15) is 29.2 Å². The van der Waals surface area contributed by atoms with Crippen molar-refractivity contribution in [2.24, 2.45) is 0 Å². The van der Waals surface area contributed by atoms with Crippen LogP contribution in [0, 0.1) is 5.82 Å². The molecule has 2 N–H and O–H groups in total. The normalized spacial score (nSPS) is 22.1. The first-order valence-corrected chi connectivity index (χ1v) is 7.52. The van der Waals surface area contributed by atoms with E-state index in [1.165, 1.54) is 6.07 Å². The van der Waals surface area contributed by atoms with E-state index in [1.807, 2.05) is 30.3 Å². The third-order valence-corrected chi connectivity index (χ3v) is 4.21. The van der Waals surface area contributed by atoms with E-state index in [-0.39, 0.29) is 24.6 Å². The van der Waals surface area contributed by atoms with Crippen molar-refractivity contribution in [2.45, 2.75) is 31.7 Å². The molecule has 2 aromatic rings. The third kappa shape index (κ3) is 3.35. The van der Waals surface area contributed by atoms with Crippen LogP contribution in [-0.4, -0.2) is 27.8 Å². The minimum absolute atomic E-state index is 0.0308. The van der Waals surface area contributed by atoms with Crippen molar-refractivity contribution in [1.29, 1.82) is 0 Å². The fourth-order valence-electron chi connectivity index (χ4n) is 3.10. The Morgan fingerprint density at radius 2 is 1.82 bits per heavy atom. The van der Waals surface area contributed by atoms with Crippen LogP contribution in [0.3, 0.4) is 0 Å². The molecule has 0 unspecified atom stereocenters. The predicted molar refractivity (Wildman–Crippen MR) is 82.5 cm³/mol. The molecule has 2 aromatic carbocycles. The Bertz CT molecular complexity index is 629. The fourth-order valence-corrected chi connectivity index (χ4v) is 3.10. The van der Waals surface area contributed by atoms with Gasteiger partial charge in [-0.1, -0.05) is 36.4 Å². The standard InChI is InChI=1S/C18H20FNO2/c19-16-3-1-2-15(8-16)18-9-17(22)11-20(18)10-13-4-6-14(12-21)7-5-13/h1-8,17-18,21-22H,9-12H2/t17-,18+/m1/s1. The lowest BCUT2D eigenvalue weighted by Gasteiger charge is -2.24. The van der Waals surface area contributed by atoms with Crippen molar-refractivity contribution >= 4 is 0 Å². The minimum atomic E-state index is -0.384. The highest BCUT2D eigenvalue weighted by Crippen LogP contribution is 2.33.